The van der Waals surface area contributed by atoms with Crippen molar-refractivity contribution in [2.75, 3.05) is 19.6 Å². The van der Waals surface area contributed by atoms with E-state index < -0.39 is 0 Å². The molecule has 1 amide bonds. The van der Waals surface area contributed by atoms with Crippen LogP contribution in [-0.4, -0.2) is 37.5 Å². The van der Waals surface area contributed by atoms with Crippen molar-refractivity contribution in [3.63, 3.8) is 0 Å². The zero-order valence-corrected chi connectivity index (χ0v) is 14.0. The molecule has 0 fully saturated rings. The molecule has 1 atom stereocenters. The molecule has 0 spiro atoms. The van der Waals surface area contributed by atoms with Crippen molar-refractivity contribution in [3.05, 3.63) is 23.7 Å². The first-order valence-electron chi connectivity index (χ1n) is 7.95. The zero-order valence-electron chi connectivity index (χ0n) is 14.0. The Morgan fingerprint density at radius 1 is 1.36 bits per heavy atom. The number of amides is 1. The van der Waals surface area contributed by atoms with Crippen LogP contribution in [0.1, 0.15) is 49.7 Å². The summed E-state index contributed by atoms with van der Waals surface area (Å²) < 4.78 is 5.15. The summed E-state index contributed by atoms with van der Waals surface area (Å²) in [6, 6.07) is 2.17. The molecule has 1 rings (SSSR count). The highest BCUT2D eigenvalue weighted by Gasteiger charge is 2.11. The van der Waals surface area contributed by atoms with E-state index in [-0.39, 0.29) is 5.91 Å². The molecule has 0 aliphatic rings. The second-order valence-corrected chi connectivity index (χ2v) is 5.26. The maximum Gasteiger partial charge on any atom is 0.287 e. The number of aliphatic imine (C=N–C) groups is 1. The van der Waals surface area contributed by atoms with Crippen LogP contribution in [0.2, 0.25) is 0 Å². The van der Waals surface area contributed by atoms with E-state index in [2.05, 4.69) is 34.8 Å². The van der Waals surface area contributed by atoms with Gasteiger partial charge in [0.15, 0.2) is 11.7 Å². The number of hydrogen-bond acceptors (Lipinski definition) is 3. The monoisotopic (exact) mass is 308 g/mol. The van der Waals surface area contributed by atoms with Gasteiger partial charge >= 0.3 is 0 Å². The second-order valence-electron chi connectivity index (χ2n) is 5.26. The van der Waals surface area contributed by atoms with Crippen molar-refractivity contribution in [2.45, 2.75) is 46.6 Å². The van der Waals surface area contributed by atoms with Gasteiger partial charge in [0.25, 0.3) is 5.91 Å². The highest BCUT2D eigenvalue weighted by Crippen LogP contribution is 2.07. The summed E-state index contributed by atoms with van der Waals surface area (Å²) >= 11 is 0. The minimum atomic E-state index is -0.170. The fraction of sp³-hybridized carbons (Fsp3) is 0.625. The van der Waals surface area contributed by atoms with Gasteiger partial charge in [-0.05, 0) is 39.7 Å². The summed E-state index contributed by atoms with van der Waals surface area (Å²) in [5.41, 5.74) is 0.850. The van der Waals surface area contributed by atoms with Gasteiger partial charge in [0, 0.05) is 31.2 Å². The Morgan fingerprint density at radius 3 is 2.73 bits per heavy atom. The van der Waals surface area contributed by atoms with Crippen LogP contribution in [0.3, 0.4) is 0 Å². The molecule has 1 unspecified atom stereocenters. The molecule has 0 aliphatic carbocycles. The van der Waals surface area contributed by atoms with E-state index in [4.69, 9.17) is 4.42 Å². The molecule has 3 N–H and O–H groups in total. The first kappa shape index (κ1) is 18.1. The van der Waals surface area contributed by atoms with E-state index in [1.807, 2.05) is 13.8 Å². The Morgan fingerprint density at radius 2 is 2.14 bits per heavy atom. The van der Waals surface area contributed by atoms with Gasteiger partial charge < -0.3 is 20.4 Å². The summed E-state index contributed by atoms with van der Waals surface area (Å²) in [6.45, 7) is 10.2. The highest BCUT2D eigenvalue weighted by atomic mass is 16.3. The molecular weight excluding hydrogens is 280 g/mol. The molecule has 0 aliphatic heterocycles. The molecule has 0 radical (unpaired) electrons. The zero-order chi connectivity index (χ0) is 16.4. The number of furan rings is 1. The average molecular weight is 308 g/mol. The second kappa shape index (κ2) is 9.87. The van der Waals surface area contributed by atoms with Crippen LogP contribution in [-0.2, 0) is 0 Å². The SMILES string of the molecule is CCNC(=NCCCNC(=O)c1occc1C)NC(C)CC. The Labute approximate surface area is 132 Å². The van der Waals surface area contributed by atoms with Crippen LogP contribution < -0.4 is 16.0 Å². The van der Waals surface area contributed by atoms with Gasteiger partial charge in [-0.15, -0.1) is 0 Å². The predicted octanol–water partition coefficient (Wildman–Crippen LogP) is 2.06. The lowest BCUT2D eigenvalue weighted by molar-refractivity contribution is 0.0925. The fourth-order valence-corrected chi connectivity index (χ4v) is 1.81. The summed E-state index contributed by atoms with van der Waals surface area (Å²) in [5.74, 6) is 1.04. The first-order chi connectivity index (χ1) is 10.6. The smallest absolute Gasteiger partial charge is 0.287 e. The molecule has 22 heavy (non-hydrogen) atoms. The number of nitrogens with one attached hydrogen (secondary N) is 3. The molecule has 124 valence electrons. The van der Waals surface area contributed by atoms with Gasteiger partial charge in [-0.25, -0.2) is 0 Å². The molecule has 0 bridgehead atoms. The third-order valence-electron chi connectivity index (χ3n) is 3.30. The Hall–Kier alpha value is -1.98. The maximum atomic E-state index is 11.8. The van der Waals surface area contributed by atoms with Gasteiger partial charge in [0.2, 0.25) is 0 Å². The van der Waals surface area contributed by atoms with E-state index in [0.717, 1.165) is 30.9 Å². The van der Waals surface area contributed by atoms with Gasteiger partial charge in [-0.2, -0.15) is 0 Å². The van der Waals surface area contributed by atoms with Crippen LogP contribution in [0.4, 0.5) is 0 Å². The molecule has 0 aromatic carbocycles. The molecule has 1 aromatic rings. The van der Waals surface area contributed by atoms with Gasteiger partial charge in [0.1, 0.15) is 0 Å². The summed E-state index contributed by atoms with van der Waals surface area (Å²) in [5, 5.41) is 9.39. The molecule has 0 saturated carbocycles. The van der Waals surface area contributed by atoms with Crippen LogP contribution in [0.15, 0.2) is 21.7 Å². The maximum absolute atomic E-state index is 11.8. The van der Waals surface area contributed by atoms with Crippen molar-refractivity contribution in [1.29, 1.82) is 0 Å². The number of guanidine groups is 1. The van der Waals surface area contributed by atoms with Crippen molar-refractivity contribution in [1.82, 2.24) is 16.0 Å². The average Bonchev–Trinajstić information content (AvgIpc) is 2.92. The Kier molecular flexibility index (Phi) is 8.10. The molecule has 0 saturated heterocycles. The minimum Gasteiger partial charge on any atom is -0.459 e. The lowest BCUT2D eigenvalue weighted by atomic mass is 10.2. The number of aryl methyl sites for hydroxylation is 1. The topological polar surface area (TPSA) is 78.7 Å². The van der Waals surface area contributed by atoms with Crippen molar-refractivity contribution in [2.24, 2.45) is 4.99 Å². The van der Waals surface area contributed by atoms with E-state index >= 15 is 0 Å². The number of rotatable bonds is 8. The van der Waals surface area contributed by atoms with E-state index in [0.29, 0.717) is 24.9 Å². The Bertz CT molecular complexity index is 482. The lowest BCUT2D eigenvalue weighted by Gasteiger charge is -2.16. The first-order valence-corrected chi connectivity index (χ1v) is 7.95. The number of hydrogen-bond donors (Lipinski definition) is 3. The van der Waals surface area contributed by atoms with Crippen LogP contribution >= 0.6 is 0 Å². The quantitative estimate of drug-likeness (QED) is 0.390. The lowest BCUT2D eigenvalue weighted by Crippen LogP contribution is -2.42. The predicted molar refractivity (Wildman–Crippen MR) is 89.3 cm³/mol. The largest absolute Gasteiger partial charge is 0.459 e. The fourth-order valence-electron chi connectivity index (χ4n) is 1.81. The van der Waals surface area contributed by atoms with E-state index in [9.17, 15) is 4.79 Å². The van der Waals surface area contributed by atoms with Crippen molar-refractivity contribution < 1.29 is 9.21 Å². The standard InChI is InChI=1S/C16H28N4O2/c1-5-13(4)20-16(17-6-2)19-10-7-9-18-15(21)14-12(3)8-11-22-14/h8,11,13H,5-7,9-10H2,1-4H3,(H,18,21)(H2,17,19,20). The number of nitrogens with zero attached hydrogens (tertiary/aromatic N) is 1. The van der Waals surface area contributed by atoms with E-state index in [1.54, 1.807) is 6.07 Å². The molecular formula is C16H28N4O2. The van der Waals surface area contributed by atoms with Crippen LogP contribution in [0.25, 0.3) is 0 Å². The minimum absolute atomic E-state index is 0.170. The number of carbonyl (C=O) groups excluding carboxylic acids is 1. The van der Waals surface area contributed by atoms with Crippen LogP contribution in [0, 0.1) is 6.92 Å². The summed E-state index contributed by atoms with van der Waals surface area (Å²) in [4.78, 5) is 16.3. The summed E-state index contributed by atoms with van der Waals surface area (Å²) in [6.07, 6.45) is 3.35. The third-order valence-corrected chi connectivity index (χ3v) is 3.30. The van der Waals surface area contributed by atoms with Crippen molar-refractivity contribution >= 4 is 11.9 Å². The van der Waals surface area contributed by atoms with Gasteiger partial charge in [-0.1, -0.05) is 6.92 Å². The Balaban J connectivity index is 2.31. The van der Waals surface area contributed by atoms with E-state index in [1.165, 1.54) is 6.26 Å². The molecule has 1 heterocycles. The molecule has 6 nitrogen and oxygen atoms in total. The van der Waals surface area contributed by atoms with Gasteiger partial charge in [-0.3, -0.25) is 9.79 Å². The normalized spacial score (nSPS) is 12.8. The molecule has 6 heteroatoms. The van der Waals surface area contributed by atoms with Crippen LogP contribution in [0.5, 0.6) is 0 Å². The van der Waals surface area contributed by atoms with Gasteiger partial charge in [0.05, 0.1) is 6.26 Å². The molecule has 1 aromatic heterocycles. The highest BCUT2D eigenvalue weighted by molar-refractivity contribution is 5.92. The summed E-state index contributed by atoms with van der Waals surface area (Å²) in [7, 11) is 0. The third kappa shape index (κ3) is 6.20. The van der Waals surface area contributed by atoms with Crippen molar-refractivity contribution in [3.8, 4) is 0 Å². The number of carbonyl (C=O) groups is 1.